The highest BCUT2D eigenvalue weighted by Crippen LogP contribution is 2.19. The van der Waals surface area contributed by atoms with Crippen molar-refractivity contribution < 1.29 is 19.8 Å². The van der Waals surface area contributed by atoms with Gasteiger partial charge in [0.05, 0.1) is 24.7 Å². The molecule has 0 spiro atoms. The molecule has 1 saturated heterocycles. The summed E-state index contributed by atoms with van der Waals surface area (Å²) in [5, 5.41) is 21.2. The molecule has 0 aliphatic carbocycles. The van der Waals surface area contributed by atoms with E-state index in [1.54, 1.807) is 11.8 Å². The van der Waals surface area contributed by atoms with Gasteiger partial charge in [-0.25, -0.2) is 0 Å². The lowest BCUT2D eigenvalue weighted by atomic mass is 9.96. The van der Waals surface area contributed by atoms with Gasteiger partial charge in [0.25, 0.3) is 0 Å². The van der Waals surface area contributed by atoms with Crippen molar-refractivity contribution in [3.05, 3.63) is 0 Å². The number of carbonyl (C=O) groups is 2. The fourth-order valence-electron chi connectivity index (χ4n) is 2.06. The lowest BCUT2D eigenvalue weighted by molar-refractivity contribution is -0.130. The highest BCUT2D eigenvalue weighted by molar-refractivity contribution is 5.89. The van der Waals surface area contributed by atoms with Crippen LogP contribution in [-0.2, 0) is 9.59 Å². The third-order valence-electron chi connectivity index (χ3n) is 3.64. The number of aliphatic hydroxyl groups excluding tert-OH is 2. The van der Waals surface area contributed by atoms with Gasteiger partial charge >= 0.3 is 0 Å². The number of hydrogen-bond acceptors (Lipinski definition) is 4. The second-order valence-corrected chi connectivity index (χ2v) is 4.77. The second-order valence-electron chi connectivity index (χ2n) is 4.77. The molecule has 18 heavy (non-hydrogen) atoms. The molecule has 1 unspecified atom stereocenters. The van der Waals surface area contributed by atoms with E-state index >= 15 is 0 Å². The lowest BCUT2D eigenvalue weighted by Gasteiger charge is -2.30. The van der Waals surface area contributed by atoms with Gasteiger partial charge in [-0.1, -0.05) is 6.92 Å². The maximum Gasteiger partial charge on any atom is 0.226 e. The van der Waals surface area contributed by atoms with E-state index < -0.39 is 5.54 Å². The van der Waals surface area contributed by atoms with Gasteiger partial charge < -0.3 is 20.4 Å². The Morgan fingerprint density at radius 2 is 2.06 bits per heavy atom. The predicted molar refractivity (Wildman–Crippen MR) is 65.7 cm³/mol. The maximum absolute atomic E-state index is 12.0. The quantitative estimate of drug-likeness (QED) is 0.576. The molecule has 0 aromatic rings. The minimum atomic E-state index is -0.986. The molecule has 6 nitrogen and oxygen atoms in total. The van der Waals surface area contributed by atoms with Crippen LogP contribution in [0.2, 0.25) is 0 Å². The zero-order chi connectivity index (χ0) is 13.8. The summed E-state index contributed by atoms with van der Waals surface area (Å²) >= 11 is 0. The van der Waals surface area contributed by atoms with Crippen LogP contribution in [0.15, 0.2) is 0 Å². The smallest absolute Gasteiger partial charge is 0.226 e. The van der Waals surface area contributed by atoms with E-state index in [0.29, 0.717) is 19.5 Å². The summed E-state index contributed by atoms with van der Waals surface area (Å²) in [6.07, 6.45) is 0.639. The fraction of sp³-hybridized carbons (Fsp3) is 0.833. The highest BCUT2D eigenvalue weighted by Gasteiger charge is 2.37. The van der Waals surface area contributed by atoms with Crippen molar-refractivity contribution in [2.75, 3.05) is 26.3 Å². The fourth-order valence-corrected chi connectivity index (χ4v) is 2.06. The van der Waals surface area contributed by atoms with E-state index in [-0.39, 0.29) is 37.4 Å². The first-order valence-electron chi connectivity index (χ1n) is 6.33. The summed E-state index contributed by atoms with van der Waals surface area (Å²) in [6.45, 7) is 4.04. The molecule has 0 saturated carbocycles. The molecule has 1 aliphatic rings. The average Bonchev–Trinajstić information content (AvgIpc) is 2.77. The van der Waals surface area contributed by atoms with E-state index in [0.717, 1.165) is 0 Å². The first-order valence-corrected chi connectivity index (χ1v) is 6.33. The van der Waals surface area contributed by atoms with E-state index in [2.05, 4.69) is 5.32 Å². The Bertz CT molecular complexity index is 307. The first kappa shape index (κ1) is 14.9. The molecule has 1 rings (SSSR count). The van der Waals surface area contributed by atoms with Crippen molar-refractivity contribution in [1.29, 1.82) is 0 Å². The van der Waals surface area contributed by atoms with Crippen LogP contribution in [0.5, 0.6) is 0 Å². The summed E-state index contributed by atoms with van der Waals surface area (Å²) in [5.74, 6) is -0.682. The van der Waals surface area contributed by atoms with Crippen LogP contribution in [0.3, 0.4) is 0 Å². The predicted octanol–water partition coefficient (Wildman–Crippen LogP) is -0.896. The normalized spacial score (nSPS) is 20.3. The van der Waals surface area contributed by atoms with Crippen molar-refractivity contribution in [2.45, 2.75) is 32.2 Å². The van der Waals surface area contributed by atoms with Gasteiger partial charge in [0.2, 0.25) is 11.8 Å². The van der Waals surface area contributed by atoms with E-state index in [9.17, 15) is 19.8 Å². The average molecular weight is 258 g/mol. The van der Waals surface area contributed by atoms with Gasteiger partial charge in [-0.2, -0.15) is 0 Å². The number of carbonyl (C=O) groups excluding carboxylic acids is 2. The summed E-state index contributed by atoms with van der Waals surface area (Å²) in [5.41, 5.74) is -0.986. The molecule has 1 aliphatic heterocycles. The van der Waals surface area contributed by atoms with Gasteiger partial charge in [0.15, 0.2) is 0 Å². The molecule has 1 heterocycles. The van der Waals surface area contributed by atoms with Gasteiger partial charge in [0, 0.05) is 19.5 Å². The molecule has 0 radical (unpaired) electrons. The maximum atomic E-state index is 12.0. The largest absolute Gasteiger partial charge is 0.394 e. The number of amides is 2. The molecule has 3 N–H and O–H groups in total. The van der Waals surface area contributed by atoms with Gasteiger partial charge in [-0.3, -0.25) is 9.59 Å². The molecule has 0 aromatic heterocycles. The summed E-state index contributed by atoms with van der Waals surface area (Å²) in [6, 6.07) is 0. The Morgan fingerprint density at radius 3 is 2.44 bits per heavy atom. The second kappa shape index (κ2) is 6.15. The van der Waals surface area contributed by atoms with Crippen LogP contribution in [-0.4, -0.2) is 58.8 Å². The first-order chi connectivity index (χ1) is 8.51. The number of nitrogens with zero attached hydrogens (tertiary/aromatic N) is 1. The standard InChI is InChI=1S/C12H22N2O4/c1-3-12(7-15,8-16)13-11(18)9-5-10(17)14(4-2)6-9/h9,15-16H,3-8H2,1-2H3,(H,13,18). The van der Waals surface area contributed by atoms with Crippen molar-refractivity contribution in [2.24, 2.45) is 5.92 Å². The number of likely N-dealkylation sites (tertiary alicyclic amines) is 1. The SMILES string of the molecule is CCN1CC(C(=O)NC(CC)(CO)CO)CC1=O. The van der Waals surface area contributed by atoms with Crippen LogP contribution >= 0.6 is 0 Å². The van der Waals surface area contributed by atoms with Gasteiger partial charge in [0.1, 0.15) is 0 Å². The van der Waals surface area contributed by atoms with Crippen LogP contribution in [0.1, 0.15) is 26.7 Å². The number of hydrogen-bond donors (Lipinski definition) is 3. The number of rotatable bonds is 6. The topological polar surface area (TPSA) is 89.9 Å². The van der Waals surface area contributed by atoms with Crippen LogP contribution in [0.25, 0.3) is 0 Å². The Kier molecular flexibility index (Phi) is 5.10. The summed E-state index contributed by atoms with van der Waals surface area (Å²) < 4.78 is 0. The molecular formula is C12H22N2O4. The van der Waals surface area contributed by atoms with E-state index in [1.165, 1.54) is 0 Å². The molecule has 1 fully saturated rings. The number of nitrogens with one attached hydrogen (secondary N) is 1. The number of aliphatic hydroxyl groups is 2. The molecule has 2 amide bonds. The molecular weight excluding hydrogens is 236 g/mol. The van der Waals surface area contributed by atoms with Crippen molar-refractivity contribution in [1.82, 2.24) is 10.2 Å². The van der Waals surface area contributed by atoms with Crippen molar-refractivity contribution in [3.8, 4) is 0 Å². The zero-order valence-electron chi connectivity index (χ0n) is 11.0. The Morgan fingerprint density at radius 1 is 1.44 bits per heavy atom. The van der Waals surface area contributed by atoms with Crippen molar-refractivity contribution in [3.63, 3.8) is 0 Å². The van der Waals surface area contributed by atoms with Gasteiger partial charge in [-0.15, -0.1) is 0 Å². The molecule has 6 heteroatoms. The Balaban J connectivity index is 2.64. The van der Waals surface area contributed by atoms with Crippen LogP contribution < -0.4 is 5.32 Å². The monoisotopic (exact) mass is 258 g/mol. The molecule has 0 aromatic carbocycles. The zero-order valence-corrected chi connectivity index (χ0v) is 11.0. The summed E-state index contributed by atoms with van der Waals surface area (Å²) in [4.78, 5) is 25.2. The molecule has 104 valence electrons. The van der Waals surface area contributed by atoms with E-state index in [4.69, 9.17) is 0 Å². The molecule has 1 atom stereocenters. The van der Waals surface area contributed by atoms with Gasteiger partial charge in [-0.05, 0) is 13.3 Å². The highest BCUT2D eigenvalue weighted by atomic mass is 16.3. The van der Waals surface area contributed by atoms with Crippen LogP contribution in [0.4, 0.5) is 0 Å². The minimum Gasteiger partial charge on any atom is -0.394 e. The van der Waals surface area contributed by atoms with E-state index in [1.807, 2.05) is 6.92 Å². The van der Waals surface area contributed by atoms with Crippen molar-refractivity contribution >= 4 is 11.8 Å². The molecule has 0 bridgehead atoms. The lowest BCUT2D eigenvalue weighted by Crippen LogP contribution is -2.55. The third-order valence-corrected chi connectivity index (χ3v) is 3.64. The van der Waals surface area contributed by atoms with Crippen LogP contribution in [0, 0.1) is 5.92 Å². The third kappa shape index (κ3) is 3.00. The Labute approximate surface area is 107 Å². The minimum absolute atomic E-state index is 0.0206. The summed E-state index contributed by atoms with van der Waals surface area (Å²) in [7, 11) is 0. The Hall–Kier alpha value is -1.14.